The number of rotatable bonds is 7. The van der Waals surface area contributed by atoms with E-state index in [0.29, 0.717) is 24.0 Å². The molecule has 0 radical (unpaired) electrons. The fourth-order valence-corrected chi connectivity index (χ4v) is 3.75. The van der Waals surface area contributed by atoms with Crippen molar-refractivity contribution in [3.63, 3.8) is 0 Å². The first-order chi connectivity index (χ1) is 11.1. The van der Waals surface area contributed by atoms with Crippen molar-refractivity contribution in [3.05, 3.63) is 29.8 Å². The van der Waals surface area contributed by atoms with Gasteiger partial charge in [-0.2, -0.15) is 0 Å². The SMILES string of the molecule is COC(=O)CSCc1cccc(NC(=O)[C@@H]2CCC[C@@H]2CN)c1.Cl. The molecule has 1 fully saturated rings. The van der Waals surface area contributed by atoms with Crippen LogP contribution in [0.4, 0.5) is 5.69 Å². The highest BCUT2D eigenvalue weighted by Gasteiger charge is 2.31. The average molecular weight is 373 g/mol. The number of benzene rings is 1. The van der Waals surface area contributed by atoms with Gasteiger partial charge < -0.3 is 15.8 Å². The second-order valence-corrected chi connectivity index (χ2v) is 6.78. The number of carbonyl (C=O) groups is 2. The van der Waals surface area contributed by atoms with Gasteiger partial charge in [0.2, 0.25) is 5.91 Å². The first-order valence-electron chi connectivity index (χ1n) is 7.88. The van der Waals surface area contributed by atoms with Gasteiger partial charge >= 0.3 is 5.97 Å². The molecule has 24 heavy (non-hydrogen) atoms. The molecule has 0 aliphatic heterocycles. The third kappa shape index (κ3) is 6.00. The van der Waals surface area contributed by atoms with Gasteiger partial charge in [0.1, 0.15) is 0 Å². The summed E-state index contributed by atoms with van der Waals surface area (Å²) >= 11 is 1.49. The number of nitrogens with two attached hydrogens (primary N) is 1. The Labute approximate surface area is 153 Å². The molecule has 0 heterocycles. The molecule has 1 amide bonds. The summed E-state index contributed by atoms with van der Waals surface area (Å²) in [7, 11) is 1.39. The van der Waals surface area contributed by atoms with Crippen LogP contribution in [0.15, 0.2) is 24.3 Å². The summed E-state index contributed by atoms with van der Waals surface area (Å²) in [5, 5.41) is 3.00. The number of anilines is 1. The van der Waals surface area contributed by atoms with Crippen LogP contribution in [0.25, 0.3) is 0 Å². The van der Waals surface area contributed by atoms with Crippen LogP contribution in [0.1, 0.15) is 24.8 Å². The molecule has 2 atom stereocenters. The van der Waals surface area contributed by atoms with Gasteiger partial charge in [-0.1, -0.05) is 18.6 Å². The maximum atomic E-state index is 12.4. The zero-order valence-electron chi connectivity index (χ0n) is 13.8. The van der Waals surface area contributed by atoms with Crippen molar-refractivity contribution in [1.29, 1.82) is 0 Å². The highest BCUT2D eigenvalue weighted by atomic mass is 35.5. The molecule has 1 saturated carbocycles. The van der Waals surface area contributed by atoms with Gasteiger partial charge in [0.05, 0.1) is 12.9 Å². The van der Waals surface area contributed by atoms with Crippen LogP contribution in [-0.2, 0) is 20.1 Å². The fraction of sp³-hybridized carbons (Fsp3) is 0.529. The molecule has 0 saturated heterocycles. The number of halogens is 1. The van der Waals surface area contributed by atoms with E-state index in [9.17, 15) is 9.59 Å². The summed E-state index contributed by atoms with van der Waals surface area (Å²) in [4.78, 5) is 23.5. The number of esters is 1. The Kier molecular flexibility index (Phi) is 9.18. The van der Waals surface area contributed by atoms with Crippen molar-refractivity contribution < 1.29 is 14.3 Å². The van der Waals surface area contributed by atoms with Gasteiger partial charge in [-0.05, 0) is 43.0 Å². The van der Waals surface area contributed by atoms with Crippen molar-refractivity contribution in [2.45, 2.75) is 25.0 Å². The zero-order chi connectivity index (χ0) is 16.7. The van der Waals surface area contributed by atoms with E-state index < -0.39 is 0 Å². The maximum absolute atomic E-state index is 12.4. The molecule has 3 N–H and O–H groups in total. The minimum Gasteiger partial charge on any atom is -0.468 e. The van der Waals surface area contributed by atoms with E-state index in [1.807, 2.05) is 24.3 Å². The van der Waals surface area contributed by atoms with Gasteiger partial charge in [-0.3, -0.25) is 9.59 Å². The van der Waals surface area contributed by atoms with E-state index in [4.69, 9.17) is 5.73 Å². The highest BCUT2D eigenvalue weighted by molar-refractivity contribution is 7.99. The molecule has 0 bridgehead atoms. The number of hydrogen-bond acceptors (Lipinski definition) is 5. The summed E-state index contributed by atoms with van der Waals surface area (Å²) in [6.45, 7) is 0.572. The smallest absolute Gasteiger partial charge is 0.315 e. The zero-order valence-corrected chi connectivity index (χ0v) is 15.5. The molecule has 7 heteroatoms. The van der Waals surface area contributed by atoms with E-state index in [0.717, 1.165) is 30.5 Å². The average Bonchev–Trinajstić information content (AvgIpc) is 3.03. The Morgan fingerprint density at radius 2 is 2.17 bits per heavy atom. The molecule has 0 spiro atoms. The molecule has 5 nitrogen and oxygen atoms in total. The maximum Gasteiger partial charge on any atom is 0.315 e. The number of thioether (sulfide) groups is 1. The van der Waals surface area contributed by atoms with Crippen molar-refractivity contribution in [2.75, 3.05) is 24.7 Å². The Bertz CT molecular complexity index is 556. The van der Waals surface area contributed by atoms with Crippen molar-refractivity contribution in [1.82, 2.24) is 0 Å². The molecule has 1 aromatic rings. The third-order valence-electron chi connectivity index (χ3n) is 4.21. The van der Waals surface area contributed by atoms with E-state index >= 15 is 0 Å². The van der Waals surface area contributed by atoms with Crippen LogP contribution in [0, 0.1) is 11.8 Å². The highest BCUT2D eigenvalue weighted by Crippen LogP contribution is 2.32. The largest absolute Gasteiger partial charge is 0.468 e. The summed E-state index contributed by atoms with van der Waals surface area (Å²) in [6, 6.07) is 7.74. The molecule has 134 valence electrons. The second kappa shape index (κ2) is 10.6. The number of ether oxygens (including phenoxy) is 1. The number of carbonyl (C=O) groups excluding carboxylic acids is 2. The lowest BCUT2D eigenvalue weighted by molar-refractivity contribution is -0.137. The van der Waals surface area contributed by atoms with E-state index in [2.05, 4.69) is 10.1 Å². The Morgan fingerprint density at radius 1 is 1.38 bits per heavy atom. The normalized spacial score (nSPS) is 19.4. The minimum atomic E-state index is -0.228. The molecule has 2 rings (SSSR count). The van der Waals surface area contributed by atoms with Crippen LogP contribution in [0.3, 0.4) is 0 Å². The molecule has 1 aromatic carbocycles. The predicted molar refractivity (Wildman–Crippen MR) is 100 cm³/mol. The lowest BCUT2D eigenvalue weighted by atomic mass is 9.95. The summed E-state index contributed by atoms with van der Waals surface area (Å²) < 4.78 is 4.62. The summed E-state index contributed by atoms with van der Waals surface area (Å²) in [5.41, 5.74) is 7.62. The lowest BCUT2D eigenvalue weighted by Crippen LogP contribution is -2.29. The van der Waals surface area contributed by atoms with E-state index in [1.54, 1.807) is 0 Å². The number of hydrogen-bond donors (Lipinski definition) is 2. The minimum absolute atomic E-state index is 0. The van der Waals surface area contributed by atoms with E-state index in [-0.39, 0.29) is 30.2 Å². The van der Waals surface area contributed by atoms with E-state index in [1.165, 1.54) is 18.9 Å². The Hall–Kier alpha value is -1.24. The topological polar surface area (TPSA) is 81.4 Å². The first-order valence-corrected chi connectivity index (χ1v) is 9.04. The number of nitrogens with one attached hydrogen (secondary N) is 1. The number of amides is 1. The van der Waals surface area contributed by atoms with Gasteiger partial charge in [0.25, 0.3) is 0 Å². The number of methoxy groups -OCH3 is 1. The first kappa shape index (κ1) is 20.8. The standard InChI is InChI=1S/C17H24N2O3S.ClH/c1-22-16(20)11-23-10-12-4-2-6-14(8-12)19-17(21)15-7-3-5-13(15)9-18;/h2,4,6,8,13,15H,3,5,7,9-11,18H2,1H3,(H,19,21);1H/t13-,15-;/m1./s1. The fourth-order valence-electron chi connectivity index (χ4n) is 2.95. The molecule has 0 unspecified atom stereocenters. The summed E-state index contributed by atoms with van der Waals surface area (Å²) in [6.07, 6.45) is 3.03. The van der Waals surface area contributed by atoms with Gasteiger partial charge in [0.15, 0.2) is 0 Å². The molecule has 1 aliphatic rings. The Balaban J connectivity index is 0.00000288. The molecule has 0 aromatic heterocycles. The predicted octanol–water partition coefficient (Wildman–Crippen LogP) is 2.83. The van der Waals surface area contributed by atoms with Crippen LogP contribution < -0.4 is 11.1 Å². The second-order valence-electron chi connectivity index (χ2n) is 5.79. The van der Waals surface area contributed by atoms with Crippen LogP contribution in [-0.4, -0.2) is 31.3 Å². The summed E-state index contributed by atoms with van der Waals surface area (Å²) in [5.74, 6) is 1.19. The van der Waals surface area contributed by atoms with Gasteiger partial charge in [-0.25, -0.2) is 0 Å². The van der Waals surface area contributed by atoms with Gasteiger partial charge in [-0.15, -0.1) is 24.2 Å². The molecular formula is C17H25ClN2O3S. The van der Waals surface area contributed by atoms with Crippen LogP contribution in [0.5, 0.6) is 0 Å². The third-order valence-corrected chi connectivity index (χ3v) is 5.19. The molecular weight excluding hydrogens is 348 g/mol. The van der Waals surface area contributed by atoms with Crippen molar-refractivity contribution in [2.24, 2.45) is 17.6 Å². The van der Waals surface area contributed by atoms with Crippen molar-refractivity contribution >= 4 is 41.7 Å². The van der Waals surface area contributed by atoms with Gasteiger partial charge in [0, 0.05) is 17.4 Å². The molecule has 1 aliphatic carbocycles. The van der Waals surface area contributed by atoms with Crippen LogP contribution in [0.2, 0.25) is 0 Å². The monoisotopic (exact) mass is 372 g/mol. The quantitative estimate of drug-likeness (QED) is 0.719. The lowest BCUT2D eigenvalue weighted by Gasteiger charge is -2.17. The Morgan fingerprint density at radius 3 is 2.88 bits per heavy atom. The van der Waals surface area contributed by atoms with Crippen molar-refractivity contribution in [3.8, 4) is 0 Å². The van der Waals surface area contributed by atoms with Crippen LogP contribution >= 0.6 is 24.2 Å².